The van der Waals surface area contributed by atoms with Crippen LogP contribution < -0.4 is 0 Å². The summed E-state index contributed by atoms with van der Waals surface area (Å²) in [5.41, 5.74) is 1.39. The summed E-state index contributed by atoms with van der Waals surface area (Å²) < 4.78 is 12.9. The van der Waals surface area contributed by atoms with Gasteiger partial charge in [-0.25, -0.2) is 4.39 Å². The van der Waals surface area contributed by atoms with Crippen LogP contribution in [0.3, 0.4) is 0 Å². The highest BCUT2D eigenvalue weighted by Gasteiger charge is 2.00. The smallest absolute Gasteiger partial charge is 0.124 e. The van der Waals surface area contributed by atoms with Crippen molar-refractivity contribution >= 4 is 15.9 Å². The van der Waals surface area contributed by atoms with Gasteiger partial charge in [-0.15, -0.1) is 0 Å². The molecule has 0 aliphatic rings. The number of alkyl halides is 1. The second kappa shape index (κ2) is 6.22. The SMILES string of the molecule is N#CCc1ccc(F)cc1C#CCCBr. The zero-order valence-corrected chi connectivity index (χ0v) is 9.64. The van der Waals surface area contributed by atoms with Gasteiger partial charge in [0.05, 0.1) is 12.5 Å². The van der Waals surface area contributed by atoms with Crippen LogP contribution in [0.25, 0.3) is 0 Å². The number of nitriles is 1. The maximum atomic E-state index is 12.9. The summed E-state index contributed by atoms with van der Waals surface area (Å²) in [6, 6.07) is 6.36. The molecule has 1 nitrogen and oxygen atoms in total. The zero-order chi connectivity index (χ0) is 11.1. The Balaban J connectivity index is 2.99. The maximum absolute atomic E-state index is 12.9. The highest BCUT2D eigenvalue weighted by atomic mass is 79.9. The van der Waals surface area contributed by atoms with E-state index in [0.717, 1.165) is 10.9 Å². The van der Waals surface area contributed by atoms with E-state index in [-0.39, 0.29) is 12.2 Å². The normalized spacial score (nSPS) is 8.87. The van der Waals surface area contributed by atoms with E-state index in [1.807, 2.05) is 6.07 Å². The molecule has 0 aromatic heterocycles. The molecule has 0 saturated carbocycles. The fourth-order valence-electron chi connectivity index (χ4n) is 1.11. The number of hydrogen-bond acceptors (Lipinski definition) is 1. The minimum atomic E-state index is -0.320. The summed E-state index contributed by atoms with van der Waals surface area (Å²) in [5.74, 6) is 5.45. The Morgan fingerprint density at radius 1 is 1.40 bits per heavy atom. The number of rotatable bonds is 2. The van der Waals surface area contributed by atoms with E-state index in [9.17, 15) is 4.39 Å². The minimum absolute atomic E-state index is 0.263. The van der Waals surface area contributed by atoms with E-state index in [4.69, 9.17) is 5.26 Å². The van der Waals surface area contributed by atoms with Crippen LogP contribution in [0, 0.1) is 29.0 Å². The van der Waals surface area contributed by atoms with Gasteiger partial charge in [0.1, 0.15) is 5.82 Å². The highest BCUT2D eigenvalue weighted by Crippen LogP contribution is 2.10. The number of halogens is 2. The van der Waals surface area contributed by atoms with Crippen molar-refractivity contribution < 1.29 is 4.39 Å². The molecule has 3 heteroatoms. The lowest BCUT2D eigenvalue weighted by atomic mass is 10.1. The van der Waals surface area contributed by atoms with Gasteiger partial charge in [-0.1, -0.05) is 33.8 Å². The summed E-state index contributed by atoms with van der Waals surface area (Å²) in [4.78, 5) is 0. The molecule has 1 rings (SSSR count). The topological polar surface area (TPSA) is 23.8 Å². The monoisotopic (exact) mass is 265 g/mol. The van der Waals surface area contributed by atoms with Crippen molar-refractivity contribution in [1.82, 2.24) is 0 Å². The van der Waals surface area contributed by atoms with Crippen molar-refractivity contribution in [3.63, 3.8) is 0 Å². The Bertz CT molecular complexity index is 437. The van der Waals surface area contributed by atoms with E-state index >= 15 is 0 Å². The molecule has 0 saturated heterocycles. The van der Waals surface area contributed by atoms with Crippen molar-refractivity contribution in [2.45, 2.75) is 12.8 Å². The lowest BCUT2D eigenvalue weighted by Crippen LogP contribution is -1.90. The molecule has 0 radical (unpaired) electrons. The summed E-state index contributed by atoms with van der Waals surface area (Å²) >= 11 is 3.26. The van der Waals surface area contributed by atoms with Crippen LogP contribution in [0.1, 0.15) is 17.5 Å². The fraction of sp³-hybridized carbons (Fsp3) is 0.250. The second-order valence-corrected chi connectivity index (χ2v) is 3.67. The third kappa shape index (κ3) is 3.73. The Morgan fingerprint density at radius 3 is 2.87 bits per heavy atom. The predicted molar refractivity (Wildman–Crippen MR) is 61.0 cm³/mol. The number of benzene rings is 1. The number of nitrogens with zero attached hydrogens (tertiary/aromatic N) is 1. The average Bonchev–Trinajstić information content (AvgIpc) is 2.22. The first-order chi connectivity index (χ1) is 7.27. The molecule has 0 fully saturated rings. The lowest BCUT2D eigenvalue weighted by molar-refractivity contribution is 0.627. The molecule has 0 heterocycles. The quantitative estimate of drug-likeness (QED) is 0.596. The van der Waals surface area contributed by atoms with Gasteiger partial charge in [0.25, 0.3) is 0 Å². The van der Waals surface area contributed by atoms with Gasteiger partial charge in [-0.3, -0.25) is 0 Å². The van der Waals surface area contributed by atoms with E-state index < -0.39 is 0 Å². The Hall–Kier alpha value is -1.32. The van der Waals surface area contributed by atoms with Gasteiger partial charge in [-0.05, 0) is 17.7 Å². The van der Waals surface area contributed by atoms with Crippen molar-refractivity contribution in [3.05, 3.63) is 35.1 Å². The predicted octanol–water partition coefficient (Wildman–Crippen LogP) is 3.03. The van der Waals surface area contributed by atoms with Crippen LogP contribution in [0.5, 0.6) is 0 Å². The molecule has 76 valence electrons. The van der Waals surface area contributed by atoms with Gasteiger partial charge in [0.2, 0.25) is 0 Å². The van der Waals surface area contributed by atoms with Crippen LogP contribution in [0.2, 0.25) is 0 Å². The molecule has 0 unspecified atom stereocenters. The first-order valence-corrected chi connectivity index (χ1v) is 5.60. The first-order valence-electron chi connectivity index (χ1n) is 4.48. The molecule has 0 N–H and O–H groups in total. The van der Waals surface area contributed by atoms with Crippen molar-refractivity contribution in [2.75, 3.05) is 5.33 Å². The summed E-state index contributed by atoms with van der Waals surface area (Å²) in [7, 11) is 0. The molecular formula is C12H9BrFN. The highest BCUT2D eigenvalue weighted by molar-refractivity contribution is 9.09. The second-order valence-electron chi connectivity index (χ2n) is 2.88. The molecule has 1 aromatic carbocycles. The molecule has 0 bridgehead atoms. The molecule has 0 aliphatic heterocycles. The Morgan fingerprint density at radius 2 is 2.20 bits per heavy atom. The third-order valence-corrected chi connectivity index (χ3v) is 2.18. The summed E-state index contributed by atoms with van der Waals surface area (Å²) in [5, 5.41) is 9.38. The summed E-state index contributed by atoms with van der Waals surface area (Å²) in [6.07, 6.45) is 0.973. The Labute approximate surface area is 97.0 Å². The van der Waals surface area contributed by atoms with Gasteiger partial charge in [0, 0.05) is 17.3 Å². The molecule has 15 heavy (non-hydrogen) atoms. The fourth-order valence-corrected chi connectivity index (χ4v) is 1.31. The van der Waals surface area contributed by atoms with E-state index in [1.54, 1.807) is 6.07 Å². The van der Waals surface area contributed by atoms with Crippen LogP contribution in [-0.2, 0) is 6.42 Å². The van der Waals surface area contributed by atoms with Crippen LogP contribution in [0.15, 0.2) is 18.2 Å². The van der Waals surface area contributed by atoms with Gasteiger partial charge in [-0.2, -0.15) is 5.26 Å². The van der Waals surface area contributed by atoms with E-state index in [2.05, 4.69) is 27.8 Å². The maximum Gasteiger partial charge on any atom is 0.124 e. The number of hydrogen-bond donors (Lipinski definition) is 0. The van der Waals surface area contributed by atoms with Gasteiger partial charge >= 0.3 is 0 Å². The standard InChI is InChI=1S/C12H9BrFN/c13-7-2-1-3-11-9-12(14)5-4-10(11)6-8-15/h4-5,9H,2,6-7H2. The van der Waals surface area contributed by atoms with Crippen molar-refractivity contribution in [2.24, 2.45) is 0 Å². The van der Waals surface area contributed by atoms with E-state index in [1.165, 1.54) is 12.1 Å². The van der Waals surface area contributed by atoms with Crippen molar-refractivity contribution in [1.29, 1.82) is 5.26 Å². The molecule has 0 spiro atoms. The van der Waals surface area contributed by atoms with Crippen LogP contribution >= 0.6 is 15.9 Å². The van der Waals surface area contributed by atoms with Crippen molar-refractivity contribution in [3.8, 4) is 17.9 Å². The molecular weight excluding hydrogens is 257 g/mol. The molecule has 0 amide bonds. The lowest BCUT2D eigenvalue weighted by Gasteiger charge is -1.99. The average molecular weight is 266 g/mol. The largest absolute Gasteiger partial charge is 0.207 e. The summed E-state index contributed by atoms with van der Waals surface area (Å²) in [6.45, 7) is 0. The third-order valence-electron chi connectivity index (χ3n) is 1.78. The van der Waals surface area contributed by atoms with Gasteiger partial charge in [0.15, 0.2) is 0 Å². The molecule has 0 aliphatic carbocycles. The zero-order valence-electron chi connectivity index (χ0n) is 8.06. The minimum Gasteiger partial charge on any atom is -0.207 e. The first kappa shape index (κ1) is 11.8. The van der Waals surface area contributed by atoms with Crippen LogP contribution in [0.4, 0.5) is 4.39 Å². The molecule has 1 aromatic rings. The Kier molecular flexibility index (Phi) is 4.87. The van der Waals surface area contributed by atoms with E-state index in [0.29, 0.717) is 12.0 Å². The van der Waals surface area contributed by atoms with Crippen LogP contribution in [-0.4, -0.2) is 5.33 Å². The molecule has 0 atom stereocenters. The van der Waals surface area contributed by atoms with Gasteiger partial charge < -0.3 is 0 Å².